The van der Waals surface area contributed by atoms with E-state index in [4.69, 9.17) is 18.6 Å². The minimum atomic E-state index is -1.95. The molecule has 0 aromatic carbocycles. The van der Waals surface area contributed by atoms with Crippen molar-refractivity contribution in [2.75, 3.05) is 6.61 Å². The van der Waals surface area contributed by atoms with Crippen molar-refractivity contribution in [3.05, 3.63) is 0 Å². The van der Waals surface area contributed by atoms with Gasteiger partial charge in [0.15, 0.2) is 20.4 Å². The lowest BCUT2D eigenvalue weighted by atomic mass is 10.1. The van der Waals surface area contributed by atoms with Crippen molar-refractivity contribution in [1.29, 1.82) is 0 Å². The highest BCUT2D eigenvalue weighted by Gasteiger charge is 2.56. The van der Waals surface area contributed by atoms with E-state index in [2.05, 4.69) is 33.9 Å². The lowest BCUT2D eigenvalue weighted by molar-refractivity contribution is -0.227. The topological polar surface area (TPSA) is 77.4 Å². The van der Waals surface area contributed by atoms with Gasteiger partial charge >= 0.3 is 0 Å². The molecule has 2 saturated heterocycles. The van der Waals surface area contributed by atoms with Crippen LogP contribution in [0.2, 0.25) is 18.1 Å². The van der Waals surface area contributed by atoms with Gasteiger partial charge in [0, 0.05) is 0 Å². The predicted molar refractivity (Wildman–Crippen MR) is 83.9 cm³/mol. The van der Waals surface area contributed by atoms with Gasteiger partial charge in [-0.2, -0.15) is 0 Å². The van der Waals surface area contributed by atoms with Gasteiger partial charge in [-0.25, -0.2) is 0 Å². The van der Waals surface area contributed by atoms with Gasteiger partial charge in [-0.05, 0) is 32.0 Å². The summed E-state index contributed by atoms with van der Waals surface area (Å²) < 4.78 is 22.8. The van der Waals surface area contributed by atoms with Crippen molar-refractivity contribution >= 4 is 8.32 Å². The molecule has 5 atom stereocenters. The van der Waals surface area contributed by atoms with Crippen LogP contribution in [0.25, 0.3) is 0 Å². The molecule has 6 nitrogen and oxygen atoms in total. The Morgan fingerprint density at radius 2 is 1.82 bits per heavy atom. The molecule has 0 aliphatic carbocycles. The van der Waals surface area contributed by atoms with Gasteiger partial charge in [0.05, 0.1) is 6.61 Å². The van der Waals surface area contributed by atoms with E-state index in [1.165, 1.54) is 0 Å². The number of rotatable bonds is 4. The second-order valence-corrected chi connectivity index (χ2v) is 13.0. The molecule has 2 aliphatic heterocycles. The molecule has 0 amide bonds. The van der Waals surface area contributed by atoms with Crippen LogP contribution in [-0.4, -0.2) is 61.6 Å². The van der Waals surface area contributed by atoms with E-state index in [-0.39, 0.29) is 11.6 Å². The van der Waals surface area contributed by atoms with Gasteiger partial charge in [-0.1, -0.05) is 20.8 Å². The molecule has 0 unspecified atom stereocenters. The van der Waals surface area contributed by atoms with E-state index in [0.717, 1.165) is 0 Å². The van der Waals surface area contributed by atoms with Crippen molar-refractivity contribution in [2.24, 2.45) is 0 Å². The smallest absolute Gasteiger partial charge is 0.192 e. The number of hydrogen-bond donors (Lipinski definition) is 2. The van der Waals surface area contributed by atoms with E-state index in [9.17, 15) is 10.2 Å². The monoisotopic (exact) mass is 334 g/mol. The van der Waals surface area contributed by atoms with E-state index < -0.39 is 44.8 Å². The Morgan fingerprint density at radius 3 is 2.32 bits per heavy atom. The maximum Gasteiger partial charge on any atom is 0.192 e. The first-order valence-corrected chi connectivity index (χ1v) is 10.8. The normalized spacial score (nSPS) is 36.4. The summed E-state index contributed by atoms with van der Waals surface area (Å²) in [5.41, 5.74) is 0. The first-order chi connectivity index (χ1) is 9.84. The Hall–Kier alpha value is -0.0231. The van der Waals surface area contributed by atoms with Crippen LogP contribution in [0.5, 0.6) is 0 Å². The number of hydrogen-bond acceptors (Lipinski definition) is 6. The van der Waals surface area contributed by atoms with Crippen LogP contribution in [0.1, 0.15) is 34.6 Å². The standard InChI is InChI=1S/C15H30O6Si/c1-14(2,3)22(6,7)18-8-9(16)11-10(17)12-13(19-11)21-15(4,5)20-12/h9-13,16-17H,8H2,1-7H3/t9-,10+,11-,12-,13-/m1/s1. The zero-order valence-electron chi connectivity index (χ0n) is 14.6. The fourth-order valence-electron chi connectivity index (χ4n) is 2.44. The first-order valence-electron chi connectivity index (χ1n) is 7.85. The number of aliphatic hydroxyl groups excluding tert-OH is 2. The average molecular weight is 334 g/mol. The highest BCUT2D eigenvalue weighted by molar-refractivity contribution is 6.74. The summed E-state index contributed by atoms with van der Waals surface area (Å²) in [5.74, 6) is -0.774. The zero-order valence-corrected chi connectivity index (χ0v) is 15.6. The maximum absolute atomic E-state index is 10.3. The van der Waals surface area contributed by atoms with Crippen LogP contribution in [0, 0.1) is 0 Å². The minimum Gasteiger partial charge on any atom is -0.414 e. The molecule has 2 N–H and O–H groups in total. The van der Waals surface area contributed by atoms with E-state index >= 15 is 0 Å². The Balaban J connectivity index is 1.91. The molecule has 2 fully saturated rings. The predicted octanol–water partition coefficient (Wildman–Crippen LogP) is 1.61. The SMILES string of the molecule is CC1(C)O[C@H]2O[C@H]([C@H](O)CO[Si](C)(C)C(C)(C)C)[C@H](O)[C@H]2O1. The van der Waals surface area contributed by atoms with Gasteiger partial charge in [0.1, 0.15) is 24.4 Å². The second kappa shape index (κ2) is 5.80. The third-order valence-electron chi connectivity index (χ3n) is 4.85. The molecule has 0 aromatic heterocycles. The van der Waals surface area contributed by atoms with Gasteiger partial charge in [0.25, 0.3) is 0 Å². The number of aliphatic hydroxyl groups is 2. The van der Waals surface area contributed by atoms with Gasteiger partial charge in [0.2, 0.25) is 0 Å². The largest absolute Gasteiger partial charge is 0.414 e. The van der Waals surface area contributed by atoms with Crippen molar-refractivity contribution in [2.45, 2.75) is 89.2 Å². The van der Waals surface area contributed by atoms with Gasteiger partial charge in [-0.15, -0.1) is 0 Å². The molecule has 2 rings (SSSR count). The lowest BCUT2D eigenvalue weighted by Gasteiger charge is -2.37. The zero-order chi connectivity index (χ0) is 16.9. The molecule has 2 aliphatic rings. The molecule has 22 heavy (non-hydrogen) atoms. The minimum absolute atomic E-state index is 0.0641. The highest BCUT2D eigenvalue weighted by atomic mass is 28.4. The van der Waals surface area contributed by atoms with E-state index in [1.807, 2.05) is 0 Å². The summed E-state index contributed by atoms with van der Waals surface area (Å²) >= 11 is 0. The van der Waals surface area contributed by atoms with Crippen LogP contribution in [0.15, 0.2) is 0 Å². The van der Waals surface area contributed by atoms with Crippen LogP contribution < -0.4 is 0 Å². The third kappa shape index (κ3) is 3.56. The molecule has 7 heteroatoms. The number of fused-ring (bicyclic) bond motifs is 1. The molecular formula is C15H30O6Si. The van der Waals surface area contributed by atoms with Crippen LogP contribution in [0.3, 0.4) is 0 Å². The molecule has 0 aromatic rings. The maximum atomic E-state index is 10.3. The Bertz CT molecular complexity index is 405. The fourth-order valence-corrected chi connectivity index (χ4v) is 3.46. The van der Waals surface area contributed by atoms with E-state index in [0.29, 0.717) is 0 Å². The Kier molecular flexibility index (Phi) is 4.83. The lowest BCUT2D eigenvalue weighted by Crippen LogP contribution is -2.47. The van der Waals surface area contributed by atoms with Crippen molar-refractivity contribution in [3.63, 3.8) is 0 Å². The van der Waals surface area contributed by atoms with Crippen LogP contribution in [-0.2, 0) is 18.6 Å². The van der Waals surface area contributed by atoms with Crippen molar-refractivity contribution in [3.8, 4) is 0 Å². The molecule has 0 radical (unpaired) electrons. The van der Waals surface area contributed by atoms with Crippen molar-refractivity contribution in [1.82, 2.24) is 0 Å². The molecule has 0 spiro atoms. The van der Waals surface area contributed by atoms with E-state index in [1.54, 1.807) is 13.8 Å². The summed E-state index contributed by atoms with van der Waals surface area (Å²) in [4.78, 5) is 0. The molecule has 130 valence electrons. The molecule has 0 bridgehead atoms. The summed E-state index contributed by atoms with van der Waals surface area (Å²) in [6.45, 7) is 14.3. The Labute approximate surface area is 133 Å². The van der Waals surface area contributed by atoms with Crippen molar-refractivity contribution < 1.29 is 28.8 Å². The highest BCUT2D eigenvalue weighted by Crippen LogP contribution is 2.39. The fraction of sp³-hybridized carbons (Fsp3) is 1.00. The molecular weight excluding hydrogens is 304 g/mol. The summed E-state index contributed by atoms with van der Waals surface area (Å²) in [5, 5.41) is 20.7. The Morgan fingerprint density at radius 1 is 1.23 bits per heavy atom. The van der Waals surface area contributed by atoms with Gasteiger partial charge in [-0.3, -0.25) is 0 Å². The third-order valence-corrected chi connectivity index (χ3v) is 9.35. The molecule has 0 saturated carbocycles. The number of ether oxygens (including phenoxy) is 3. The average Bonchev–Trinajstić information content (AvgIpc) is 2.79. The summed E-state index contributed by atoms with van der Waals surface area (Å²) in [7, 11) is -1.95. The van der Waals surface area contributed by atoms with Gasteiger partial charge < -0.3 is 28.8 Å². The first kappa shape index (κ1) is 18.3. The molecule has 2 heterocycles. The summed E-state index contributed by atoms with van der Waals surface area (Å²) in [6.07, 6.45) is -3.80. The van der Waals surface area contributed by atoms with Crippen LogP contribution >= 0.6 is 0 Å². The van der Waals surface area contributed by atoms with Crippen LogP contribution in [0.4, 0.5) is 0 Å². The second-order valence-electron chi connectivity index (χ2n) is 8.20. The summed E-state index contributed by atoms with van der Waals surface area (Å²) in [6, 6.07) is 0. The quantitative estimate of drug-likeness (QED) is 0.761.